The van der Waals surface area contributed by atoms with Gasteiger partial charge in [-0.15, -0.1) is 0 Å². The quantitative estimate of drug-likeness (QED) is 0.236. The maximum absolute atomic E-state index is 13.4. The molecule has 1 aromatic heterocycles. The molecule has 0 aliphatic rings. The van der Waals surface area contributed by atoms with Crippen LogP contribution in [0.25, 0.3) is 0 Å². The van der Waals surface area contributed by atoms with Crippen LogP contribution in [0.1, 0.15) is 37.1 Å². The van der Waals surface area contributed by atoms with Gasteiger partial charge in [0, 0.05) is 44.1 Å². The molecule has 0 aliphatic carbocycles. The summed E-state index contributed by atoms with van der Waals surface area (Å²) in [6.45, 7) is 3.82. The Bertz CT molecular complexity index is 1420. The van der Waals surface area contributed by atoms with Crippen molar-refractivity contribution >= 4 is 16.1 Å². The summed E-state index contributed by atoms with van der Waals surface area (Å²) < 4.78 is 33.3. The molecule has 0 spiro atoms. The van der Waals surface area contributed by atoms with Crippen LogP contribution in [0.15, 0.2) is 76.4 Å². The summed E-state index contributed by atoms with van der Waals surface area (Å²) in [4.78, 5) is 26.1. The number of pyridine rings is 1. The molecule has 3 rings (SSSR count). The Kier molecular flexibility index (Phi) is 9.90. The fourth-order valence-electron chi connectivity index (χ4n) is 4.32. The smallest absolute Gasteiger partial charge is 0.406 e. The highest BCUT2D eigenvalue weighted by Crippen LogP contribution is 2.24. The predicted octanol–water partition coefficient (Wildman–Crippen LogP) is 3.21. The Morgan fingerprint density at radius 1 is 1.08 bits per heavy atom. The number of aromatic nitrogens is 1. The number of methoxy groups -OCH3 is 1. The lowest BCUT2D eigenvalue weighted by Gasteiger charge is -2.32. The maximum atomic E-state index is 13.4. The number of hydrogen-bond donors (Lipinski definition) is 4. The van der Waals surface area contributed by atoms with Gasteiger partial charge in [-0.05, 0) is 47.4 Å². The van der Waals surface area contributed by atoms with Crippen molar-refractivity contribution in [1.29, 1.82) is 0 Å². The van der Waals surface area contributed by atoms with Gasteiger partial charge >= 0.3 is 6.09 Å². The van der Waals surface area contributed by atoms with Gasteiger partial charge in [0.25, 0.3) is 0 Å². The number of amides is 1. The molecule has 11 heteroatoms. The van der Waals surface area contributed by atoms with Gasteiger partial charge in [-0.2, -0.15) is 4.31 Å². The summed E-state index contributed by atoms with van der Waals surface area (Å²) in [6, 6.07) is 18.1. The normalized spacial score (nSPS) is 13.3. The molecular weight excluding hydrogens is 522 g/mol. The molecule has 0 saturated heterocycles. The van der Waals surface area contributed by atoms with Crippen molar-refractivity contribution in [2.45, 2.75) is 43.7 Å². The molecule has 2 aromatic carbocycles. The number of ether oxygens (including phenoxy) is 1. The van der Waals surface area contributed by atoms with Crippen molar-refractivity contribution in [2.24, 2.45) is 5.92 Å². The SMILES string of the molecule is COc1ccc(S(=O)(=O)N(CCC(O)(Cc2cccc(Cc3cccc(=O)[nH]3)c2)NC(=O)O)CC(C)C)cc1. The van der Waals surface area contributed by atoms with Crippen LogP contribution in [0.2, 0.25) is 0 Å². The zero-order chi connectivity index (χ0) is 28.6. The lowest BCUT2D eigenvalue weighted by molar-refractivity contribution is -0.00178. The highest BCUT2D eigenvalue weighted by atomic mass is 32.2. The topological polar surface area (TPSA) is 149 Å². The summed E-state index contributed by atoms with van der Waals surface area (Å²) in [7, 11) is -2.44. The first-order valence-corrected chi connectivity index (χ1v) is 14.0. The van der Waals surface area contributed by atoms with Crippen LogP contribution in [0.5, 0.6) is 5.75 Å². The number of hydrogen-bond acceptors (Lipinski definition) is 6. The van der Waals surface area contributed by atoms with Gasteiger partial charge < -0.3 is 19.9 Å². The number of carboxylic acid groups (broad SMARTS) is 1. The number of sulfonamides is 1. The van der Waals surface area contributed by atoms with E-state index >= 15 is 0 Å². The minimum Gasteiger partial charge on any atom is -0.497 e. The molecule has 39 heavy (non-hydrogen) atoms. The number of nitrogens with one attached hydrogen (secondary N) is 2. The van der Waals surface area contributed by atoms with Crippen molar-refractivity contribution in [3.8, 4) is 5.75 Å². The number of rotatable bonds is 13. The van der Waals surface area contributed by atoms with E-state index in [-0.39, 0.29) is 42.3 Å². The lowest BCUT2D eigenvalue weighted by Crippen LogP contribution is -2.52. The van der Waals surface area contributed by atoms with Gasteiger partial charge in [0.15, 0.2) is 0 Å². The third-order valence-corrected chi connectivity index (χ3v) is 7.97. The second-order valence-corrected chi connectivity index (χ2v) is 11.8. The Morgan fingerprint density at radius 2 is 1.74 bits per heavy atom. The van der Waals surface area contributed by atoms with Crippen molar-refractivity contribution in [1.82, 2.24) is 14.6 Å². The molecule has 1 atom stereocenters. The average Bonchev–Trinajstić information content (AvgIpc) is 2.86. The zero-order valence-electron chi connectivity index (χ0n) is 22.3. The number of H-pyrrole nitrogens is 1. The molecule has 4 N–H and O–H groups in total. The highest BCUT2D eigenvalue weighted by Gasteiger charge is 2.33. The van der Waals surface area contributed by atoms with Gasteiger partial charge in [-0.3, -0.25) is 10.1 Å². The minimum atomic E-state index is -3.93. The predicted molar refractivity (Wildman–Crippen MR) is 147 cm³/mol. The van der Waals surface area contributed by atoms with E-state index in [2.05, 4.69) is 10.3 Å². The van der Waals surface area contributed by atoms with Gasteiger partial charge in [0.05, 0.1) is 12.0 Å². The number of aromatic amines is 1. The van der Waals surface area contributed by atoms with E-state index < -0.39 is 21.8 Å². The largest absolute Gasteiger partial charge is 0.497 e. The second kappa shape index (κ2) is 12.9. The summed E-state index contributed by atoms with van der Waals surface area (Å²) >= 11 is 0. The van der Waals surface area contributed by atoms with Gasteiger partial charge in [-0.1, -0.05) is 44.2 Å². The number of aliphatic hydroxyl groups is 1. The molecule has 0 radical (unpaired) electrons. The second-order valence-electron chi connectivity index (χ2n) is 9.86. The molecule has 0 fully saturated rings. The minimum absolute atomic E-state index is 0.0142. The fraction of sp³-hybridized carbons (Fsp3) is 0.357. The Balaban J connectivity index is 1.82. The molecule has 1 unspecified atom stereocenters. The molecule has 1 heterocycles. The Labute approximate surface area is 228 Å². The number of carbonyl (C=O) groups is 1. The zero-order valence-corrected chi connectivity index (χ0v) is 23.1. The number of nitrogens with zero attached hydrogens (tertiary/aromatic N) is 1. The van der Waals surface area contributed by atoms with E-state index in [9.17, 15) is 28.2 Å². The third-order valence-electron chi connectivity index (χ3n) is 6.09. The first-order chi connectivity index (χ1) is 18.4. The van der Waals surface area contributed by atoms with Crippen LogP contribution >= 0.6 is 0 Å². The van der Waals surface area contributed by atoms with Gasteiger partial charge in [-0.25, -0.2) is 13.2 Å². The molecule has 3 aromatic rings. The van der Waals surface area contributed by atoms with Crippen LogP contribution in [-0.4, -0.2) is 59.9 Å². The van der Waals surface area contributed by atoms with Crippen LogP contribution in [-0.2, 0) is 22.9 Å². The van der Waals surface area contributed by atoms with Gasteiger partial charge in [0.2, 0.25) is 15.6 Å². The summed E-state index contributed by atoms with van der Waals surface area (Å²) in [6.07, 6.45) is -1.26. The molecule has 0 bridgehead atoms. The van der Waals surface area contributed by atoms with E-state index in [4.69, 9.17) is 4.74 Å². The van der Waals surface area contributed by atoms with E-state index in [1.165, 1.54) is 29.6 Å². The van der Waals surface area contributed by atoms with E-state index in [1.54, 1.807) is 36.4 Å². The van der Waals surface area contributed by atoms with E-state index in [0.29, 0.717) is 23.4 Å². The summed E-state index contributed by atoms with van der Waals surface area (Å²) in [5.41, 5.74) is 0.0766. The van der Waals surface area contributed by atoms with Gasteiger partial charge in [0.1, 0.15) is 11.5 Å². The molecular formula is C28H35N3O7S. The van der Waals surface area contributed by atoms with Crippen molar-refractivity contribution < 1.29 is 28.2 Å². The van der Waals surface area contributed by atoms with Crippen molar-refractivity contribution in [2.75, 3.05) is 20.2 Å². The lowest BCUT2D eigenvalue weighted by atomic mass is 9.96. The molecule has 0 aliphatic heterocycles. The molecule has 210 valence electrons. The van der Waals surface area contributed by atoms with Crippen LogP contribution in [0.4, 0.5) is 4.79 Å². The third kappa shape index (κ3) is 8.67. The van der Waals surface area contributed by atoms with E-state index in [0.717, 1.165) is 5.56 Å². The first-order valence-electron chi connectivity index (χ1n) is 12.5. The summed E-state index contributed by atoms with van der Waals surface area (Å²) in [5.74, 6) is 0.505. The van der Waals surface area contributed by atoms with Crippen molar-refractivity contribution in [3.05, 3.63) is 93.9 Å². The molecule has 0 saturated carbocycles. The van der Waals surface area contributed by atoms with Crippen LogP contribution in [0.3, 0.4) is 0 Å². The molecule has 1 amide bonds. The fourth-order valence-corrected chi connectivity index (χ4v) is 5.93. The summed E-state index contributed by atoms with van der Waals surface area (Å²) in [5, 5.41) is 23.0. The standard InChI is InChI=1S/C28H35N3O7S/c1-20(2)19-31(39(36,37)25-12-10-24(38-3)11-13-25)15-14-28(35,30-27(33)34)18-22-7-4-6-21(16-22)17-23-8-5-9-26(32)29-23/h4-13,16,20,30,35H,14-15,17-19H2,1-3H3,(H,29,32)(H,33,34). The average molecular weight is 558 g/mol. The first kappa shape index (κ1) is 29.9. The molecule has 10 nitrogen and oxygen atoms in total. The maximum Gasteiger partial charge on any atom is 0.406 e. The Morgan fingerprint density at radius 3 is 2.36 bits per heavy atom. The van der Waals surface area contributed by atoms with E-state index in [1.807, 2.05) is 26.0 Å². The van der Waals surface area contributed by atoms with Crippen molar-refractivity contribution in [3.63, 3.8) is 0 Å². The Hall–Kier alpha value is -3.67. The highest BCUT2D eigenvalue weighted by molar-refractivity contribution is 7.89. The van der Waals surface area contributed by atoms with Crippen LogP contribution < -0.4 is 15.6 Å². The number of benzene rings is 2. The van der Waals surface area contributed by atoms with Crippen LogP contribution in [0, 0.1) is 5.92 Å². The monoisotopic (exact) mass is 557 g/mol.